The van der Waals surface area contributed by atoms with E-state index < -0.39 is 0 Å². The van der Waals surface area contributed by atoms with Gasteiger partial charge < -0.3 is 4.90 Å². The lowest BCUT2D eigenvalue weighted by molar-refractivity contribution is -0.138. The molecule has 2 heterocycles. The van der Waals surface area contributed by atoms with Crippen LogP contribution in [0.3, 0.4) is 0 Å². The Morgan fingerprint density at radius 2 is 1.83 bits per heavy atom. The Hall–Kier alpha value is -1.42. The molecule has 2 fully saturated rings. The fourth-order valence-electron chi connectivity index (χ4n) is 3.83. The molecule has 2 aliphatic rings. The van der Waals surface area contributed by atoms with Crippen molar-refractivity contribution in [3.63, 3.8) is 0 Å². The Bertz CT molecular complexity index is 523. The van der Waals surface area contributed by atoms with E-state index in [9.17, 15) is 9.18 Å². The summed E-state index contributed by atoms with van der Waals surface area (Å²) in [4.78, 5) is 17.1. The fraction of sp³-hybridized carbons (Fsp3) is 0.632. The molecule has 0 N–H and O–H groups in total. The first-order valence-electron chi connectivity index (χ1n) is 8.87. The number of rotatable bonds is 3. The molecule has 0 saturated carbocycles. The molecule has 1 amide bonds. The van der Waals surface area contributed by atoms with Crippen molar-refractivity contribution < 1.29 is 9.18 Å². The maximum Gasteiger partial charge on any atom is 0.225 e. The Kier molecular flexibility index (Phi) is 5.31. The van der Waals surface area contributed by atoms with Crippen molar-refractivity contribution in [1.82, 2.24) is 9.80 Å². The van der Waals surface area contributed by atoms with E-state index >= 15 is 0 Å². The Morgan fingerprint density at radius 1 is 1.13 bits per heavy atom. The van der Waals surface area contributed by atoms with Gasteiger partial charge in [-0.05, 0) is 62.4 Å². The summed E-state index contributed by atoms with van der Waals surface area (Å²) in [6, 6.07) is 6.73. The van der Waals surface area contributed by atoms with E-state index in [0.717, 1.165) is 57.5 Å². The molecule has 3 rings (SSSR count). The lowest BCUT2D eigenvalue weighted by Gasteiger charge is -2.37. The molecule has 1 atom stereocenters. The summed E-state index contributed by atoms with van der Waals surface area (Å²) in [5, 5.41) is 0. The molecule has 0 unspecified atom stereocenters. The molecule has 0 spiro atoms. The number of carbonyl (C=O) groups excluding carboxylic acids is 1. The zero-order chi connectivity index (χ0) is 16.2. The highest BCUT2D eigenvalue weighted by Gasteiger charge is 2.30. The smallest absolute Gasteiger partial charge is 0.225 e. The van der Waals surface area contributed by atoms with Crippen LogP contribution in [-0.2, 0) is 11.3 Å². The third-order valence-corrected chi connectivity index (χ3v) is 5.22. The van der Waals surface area contributed by atoms with Crippen molar-refractivity contribution >= 4 is 5.91 Å². The summed E-state index contributed by atoms with van der Waals surface area (Å²) in [7, 11) is 0. The number of amides is 1. The van der Waals surface area contributed by atoms with E-state index in [4.69, 9.17) is 0 Å². The number of nitrogens with zero attached hydrogens (tertiary/aromatic N) is 2. The fourth-order valence-corrected chi connectivity index (χ4v) is 3.83. The van der Waals surface area contributed by atoms with E-state index in [1.807, 2.05) is 12.1 Å². The van der Waals surface area contributed by atoms with Gasteiger partial charge in [0.2, 0.25) is 5.91 Å². The molecule has 3 nitrogen and oxygen atoms in total. The van der Waals surface area contributed by atoms with Gasteiger partial charge in [-0.3, -0.25) is 9.69 Å². The number of piperidine rings is 2. The van der Waals surface area contributed by atoms with Crippen molar-refractivity contribution in [1.29, 1.82) is 0 Å². The van der Waals surface area contributed by atoms with Crippen LogP contribution >= 0.6 is 0 Å². The average molecular weight is 318 g/mol. The summed E-state index contributed by atoms with van der Waals surface area (Å²) in [5.41, 5.74) is 1.14. The van der Waals surface area contributed by atoms with Crippen LogP contribution in [0.15, 0.2) is 24.3 Å². The highest BCUT2D eigenvalue weighted by Crippen LogP contribution is 2.24. The van der Waals surface area contributed by atoms with Gasteiger partial charge in [0.15, 0.2) is 0 Å². The second-order valence-corrected chi connectivity index (χ2v) is 7.21. The molecule has 0 radical (unpaired) electrons. The van der Waals surface area contributed by atoms with E-state index in [0.29, 0.717) is 11.8 Å². The maximum absolute atomic E-state index is 13.0. The van der Waals surface area contributed by atoms with Gasteiger partial charge in [0.1, 0.15) is 5.82 Å². The number of likely N-dealkylation sites (tertiary alicyclic amines) is 2. The first kappa shape index (κ1) is 16.4. The van der Waals surface area contributed by atoms with Gasteiger partial charge in [-0.2, -0.15) is 0 Å². The van der Waals surface area contributed by atoms with Gasteiger partial charge in [-0.25, -0.2) is 4.39 Å². The van der Waals surface area contributed by atoms with Gasteiger partial charge in [0.05, 0.1) is 0 Å². The van der Waals surface area contributed by atoms with Crippen molar-refractivity contribution in [3.05, 3.63) is 35.6 Å². The monoisotopic (exact) mass is 318 g/mol. The van der Waals surface area contributed by atoms with Gasteiger partial charge in [-0.1, -0.05) is 19.1 Å². The van der Waals surface area contributed by atoms with E-state index in [-0.39, 0.29) is 11.7 Å². The summed E-state index contributed by atoms with van der Waals surface area (Å²) in [6.07, 6.45) is 4.30. The first-order chi connectivity index (χ1) is 11.1. The molecule has 1 aromatic rings. The minimum Gasteiger partial charge on any atom is -0.342 e. The van der Waals surface area contributed by atoms with E-state index in [2.05, 4.69) is 16.7 Å². The number of hydrogen-bond donors (Lipinski definition) is 0. The number of benzene rings is 1. The lowest BCUT2D eigenvalue weighted by atomic mass is 9.92. The number of halogens is 1. The van der Waals surface area contributed by atoms with Crippen LogP contribution in [0.25, 0.3) is 0 Å². The molecule has 126 valence electrons. The molecular weight excluding hydrogens is 291 g/mol. The molecular formula is C19H27FN2O. The quantitative estimate of drug-likeness (QED) is 0.854. The van der Waals surface area contributed by atoms with E-state index in [1.54, 1.807) is 0 Å². The molecule has 0 bridgehead atoms. The summed E-state index contributed by atoms with van der Waals surface area (Å²) < 4.78 is 13.0. The van der Waals surface area contributed by atoms with Crippen molar-refractivity contribution in [3.8, 4) is 0 Å². The van der Waals surface area contributed by atoms with Crippen molar-refractivity contribution in [2.75, 3.05) is 26.2 Å². The molecule has 0 aliphatic carbocycles. The highest BCUT2D eigenvalue weighted by atomic mass is 19.1. The molecule has 1 aromatic carbocycles. The largest absolute Gasteiger partial charge is 0.342 e. The van der Waals surface area contributed by atoms with Crippen LogP contribution in [0, 0.1) is 17.7 Å². The van der Waals surface area contributed by atoms with Crippen LogP contribution in [0.5, 0.6) is 0 Å². The van der Waals surface area contributed by atoms with Crippen LogP contribution in [-0.4, -0.2) is 41.9 Å². The lowest BCUT2D eigenvalue weighted by Crippen LogP contribution is -2.45. The summed E-state index contributed by atoms with van der Waals surface area (Å²) in [6.45, 7) is 6.88. The summed E-state index contributed by atoms with van der Waals surface area (Å²) in [5.74, 6) is 1.03. The topological polar surface area (TPSA) is 23.6 Å². The van der Waals surface area contributed by atoms with Crippen LogP contribution in [0.4, 0.5) is 4.39 Å². The predicted octanol–water partition coefficient (Wildman–Crippen LogP) is 3.30. The van der Waals surface area contributed by atoms with Crippen LogP contribution in [0.2, 0.25) is 0 Å². The minimum atomic E-state index is -0.186. The molecule has 2 aliphatic heterocycles. The standard InChI is InChI=1S/C19H27FN2O/c1-15-3-2-10-22(13-15)19(23)17-8-11-21(12-9-17)14-16-4-6-18(20)7-5-16/h4-7,15,17H,2-3,8-14H2,1H3/t15-/m1/s1. The van der Waals surface area contributed by atoms with Crippen molar-refractivity contribution in [2.45, 2.75) is 39.2 Å². The second kappa shape index (κ2) is 7.43. The minimum absolute atomic E-state index is 0.186. The molecule has 23 heavy (non-hydrogen) atoms. The first-order valence-corrected chi connectivity index (χ1v) is 8.87. The summed E-state index contributed by atoms with van der Waals surface area (Å²) >= 11 is 0. The van der Waals surface area contributed by atoms with Gasteiger partial charge in [0, 0.05) is 25.6 Å². The maximum atomic E-state index is 13.0. The Labute approximate surface area is 138 Å². The third-order valence-electron chi connectivity index (χ3n) is 5.22. The van der Waals surface area contributed by atoms with Gasteiger partial charge in [-0.15, -0.1) is 0 Å². The molecule has 2 saturated heterocycles. The van der Waals surface area contributed by atoms with Gasteiger partial charge >= 0.3 is 0 Å². The average Bonchev–Trinajstić information content (AvgIpc) is 2.57. The molecule has 4 heteroatoms. The Balaban J connectivity index is 1.48. The molecule has 0 aromatic heterocycles. The van der Waals surface area contributed by atoms with Crippen molar-refractivity contribution in [2.24, 2.45) is 11.8 Å². The zero-order valence-electron chi connectivity index (χ0n) is 14.0. The van der Waals surface area contributed by atoms with Crippen LogP contribution < -0.4 is 0 Å². The Morgan fingerprint density at radius 3 is 2.48 bits per heavy atom. The SMILES string of the molecule is C[C@@H]1CCCN(C(=O)C2CCN(Cc3ccc(F)cc3)CC2)C1. The van der Waals surface area contributed by atoms with E-state index in [1.165, 1.54) is 18.6 Å². The third kappa shape index (κ3) is 4.31. The number of carbonyl (C=O) groups is 1. The second-order valence-electron chi connectivity index (χ2n) is 7.21. The van der Waals surface area contributed by atoms with Gasteiger partial charge in [0.25, 0.3) is 0 Å². The van der Waals surface area contributed by atoms with Crippen LogP contribution in [0.1, 0.15) is 38.2 Å². The zero-order valence-corrected chi connectivity index (χ0v) is 14.0. The normalized spacial score (nSPS) is 23.9. The predicted molar refractivity (Wildman–Crippen MR) is 89.4 cm³/mol. The number of hydrogen-bond acceptors (Lipinski definition) is 2. The highest BCUT2D eigenvalue weighted by molar-refractivity contribution is 5.79.